The lowest BCUT2D eigenvalue weighted by atomic mass is 10.1. The molecule has 136 valence electrons. The fraction of sp³-hybridized carbons (Fsp3) is 0.529. The van der Waals surface area contributed by atoms with Gasteiger partial charge in [0.05, 0.1) is 10.6 Å². The molecule has 0 aliphatic carbocycles. The Hall–Kier alpha value is -1.80. The van der Waals surface area contributed by atoms with Crippen molar-refractivity contribution in [2.45, 2.75) is 58.9 Å². The monoisotopic (exact) mass is 379 g/mol. The predicted octanol–water partition coefficient (Wildman–Crippen LogP) is 4.86. The van der Waals surface area contributed by atoms with Crippen LogP contribution in [-0.2, 0) is 11.3 Å². The number of anilines is 1. The van der Waals surface area contributed by atoms with Gasteiger partial charge < -0.3 is 5.32 Å². The summed E-state index contributed by atoms with van der Waals surface area (Å²) in [7, 11) is 0. The number of carbonyl (C=O) groups excluding carboxylic acids is 1. The largest absolute Gasteiger partial charge is 0.302 e. The summed E-state index contributed by atoms with van der Waals surface area (Å²) in [6, 6.07) is 0. The molecule has 0 aliphatic rings. The van der Waals surface area contributed by atoms with Crippen molar-refractivity contribution in [2.75, 3.05) is 5.32 Å². The second-order valence-corrected chi connectivity index (χ2v) is 7.28. The van der Waals surface area contributed by atoms with Crippen LogP contribution in [0.25, 0.3) is 10.7 Å². The third-order valence-corrected chi connectivity index (χ3v) is 5.20. The molecule has 2 heterocycles. The number of amides is 1. The Labute approximate surface area is 157 Å². The summed E-state index contributed by atoms with van der Waals surface area (Å²) in [4.78, 5) is 17.4. The van der Waals surface area contributed by atoms with Crippen LogP contribution in [0.1, 0.15) is 51.1 Å². The molecule has 6 nitrogen and oxygen atoms in total. The van der Waals surface area contributed by atoms with Gasteiger partial charge in [0.1, 0.15) is 0 Å². The van der Waals surface area contributed by atoms with Crippen LogP contribution in [0.15, 0.2) is 12.7 Å². The van der Waals surface area contributed by atoms with Crippen molar-refractivity contribution in [3.8, 4) is 10.7 Å². The Morgan fingerprint density at radius 1 is 1.40 bits per heavy atom. The van der Waals surface area contributed by atoms with Crippen LogP contribution >= 0.6 is 23.6 Å². The molecule has 0 fully saturated rings. The van der Waals surface area contributed by atoms with Crippen molar-refractivity contribution in [1.29, 1.82) is 0 Å². The van der Waals surface area contributed by atoms with Crippen LogP contribution in [-0.4, -0.2) is 25.7 Å². The molecule has 0 aliphatic heterocycles. The van der Waals surface area contributed by atoms with Crippen molar-refractivity contribution in [3.05, 3.63) is 23.1 Å². The van der Waals surface area contributed by atoms with Crippen molar-refractivity contribution >= 4 is 34.6 Å². The maximum atomic E-state index is 12.1. The summed E-state index contributed by atoms with van der Waals surface area (Å²) in [5, 5.41) is 10.6. The van der Waals surface area contributed by atoms with Gasteiger partial charge in [-0.15, -0.1) is 6.58 Å². The number of carbonyl (C=O) groups is 1. The Balaban J connectivity index is 2.02. The predicted molar refractivity (Wildman–Crippen MR) is 105 cm³/mol. The summed E-state index contributed by atoms with van der Waals surface area (Å²) >= 11 is 6.66. The molecule has 2 N–H and O–H groups in total. The lowest BCUT2D eigenvalue weighted by Gasteiger charge is -2.02. The number of unbranched alkanes of at least 4 members (excludes halogenated alkanes) is 4. The SMILES string of the molecule is C=CCn1c(-c2sc(NC(=O)CCCCCCC)nc2C)n[nH]c1=S. The normalized spacial score (nSPS) is 10.8. The number of thiazole rings is 1. The van der Waals surface area contributed by atoms with Crippen LogP contribution in [0.3, 0.4) is 0 Å². The first-order valence-electron chi connectivity index (χ1n) is 8.60. The van der Waals surface area contributed by atoms with Crippen molar-refractivity contribution < 1.29 is 4.79 Å². The molecule has 1 amide bonds. The van der Waals surface area contributed by atoms with E-state index in [1.54, 1.807) is 6.08 Å². The van der Waals surface area contributed by atoms with Crippen LogP contribution in [0.5, 0.6) is 0 Å². The number of nitrogens with one attached hydrogen (secondary N) is 2. The summed E-state index contributed by atoms with van der Waals surface area (Å²) in [6.45, 7) is 8.41. The summed E-state index contributed by atoms with van der Waals surface area (Å²) in [5.74, 6) is 0.738. The second kappa shape index (κ2) is 9.62. The molecular weight excluding hydrogens is 354 g/mol. The minimum Gasteiger partial charge on any atom is -0.302 e. The van der Waals surface area contributed by atoms with E-state index in [1.807, 2.05) is 11.5 Å². The molecule has 0 saturated carbocycles. The highest BCUT2D eigenvalue weighted by atomic mass is 32.1. The zero-order valence-corrected chi connectivity index (χ0v) is 16.4. The third-order valence-electron chi connectivity index (χ3n) is 3.82. The Bertz CT molecular complexity index is 774. The van der Waals surface area contributed by atoms with E-state index >= 15 is 0 Å². The number of aromatic nitrogens is 4. The quantitative estimate of drug-likeness (QED) is 0.351. The van der Waals surface area contributed by atoms with E-state index in [9.17, 15) is 4.79 Å². The van der Waals surface area contributed by atoms with Gasteiger partial charge >= 0.3 is 0 Å². The van der Waals surface area contributed by atoms with Gasteiger partial charge in [0.2, 0.25) is 5.91 Å². The highest BCUT2D eigenvalue weighted by molar-refractivity contribution is 7.71. The third kappa shape index (κ3) is 5.34. The average molecular weight is 380 g/mol. The zero-order chi connectivity index (χ0) is 18.2. The Kier molecular flexibility index (Phi) is 7.52. The lowest BCUT2D eigenvalue weighted by molar-refractivity contribution is -0.116. The van der Waals surface area contributed by atoms with Gasteiger partial charge in [0.25, 0.3) is 0 Å². The molecule has 0 atom stereocenters. The highest BCUT2D eigenvalue weighted by Gasteiger charge is 2.17. The first-order valence-corrected chi connectivity index (χ1v) is 9.83. The molecular formula is C17H25N5OS2. The molecule has 0 bridgehead atoms. The molecule has 2 aromatic rings. The van der Waals surface area contributed by atoms with E-state index < -0.39 is 0 Å². The fourth-order valence-electron chi connectivity index (χ4n) is 2.52. The number of aryl methyl sites for hydroxylation is 1. The van der Waals surface area contributed by atoms with Gasteiger partial charge in [-0.1, -0.05) is 50.0 Å². The van der Waals surface area contributed by atoms with E-state index in [4.69, 9.17) is 12.2 Å². The Morgan fingerprint density at radius 3 is 2.88 bits per heavy atom. The highest BCUT2D eigenvalue weighted by Crippen LogP contribution is 2.31. The summed E-state index contributed by atoms with van der Waals surface area (Å²) in [6.07, 6.45) is 7.95. The van der Waals surface area contributed by atoms with Crippen molar-refractivity contribution in [1.82, 2.24) is 19.7 Å². The van der Waals surface area contributed by atoms with E-state index in [0.29, 0.717) is 22.9 Å². The minimum absolute atomic E-state index is 0.0155. The lowest BCUT2D eigenvalue weighted by Crippen LogP contribution is -2.10. The van der Waals surface area contributed by atoms with Crippen molar-refractivity contribution in [2.24, 2.45) is 0 Å². The molecule has 25 heavy (non-hydrogen) atoms. The minimum atomic E-state index is 0.0155. The number of hydrogen-bond acceptors (Lipinski definition) is 5. The standard InChI is InChI=1S/C17H25N5OS2/c1-4-6-7-8-9-10-13(23)19-16-18-12(3)14(25-16)15-20-21-17(24)22(15)11-5-2/h5H,2,4,6-11H2,1,3H3,(H,21,24)(H,18,19,23). The molecule has 8 heteroatoms. The zero-order valence-electron chi connectivity index (χ0n) is 14.8. The maximum Gasteiger partial charge on any atom is 0.226 e. The molecule has 0 radical (unpaired) electrons. The number of rotatable bonds is 10. The first kappa shape index (κ1) is 19.5. The van der Waals surface area contributed by atoms with Gasteiger partial charge in [-0.05, 0) is 25.6 Å². The van der Waals surface area contributed by atoms with Gasteiger partial charge in [0.15, 0.2) is 15.7 Å². The molecule has 0 spiro atoms. The van der Waals surface area contributed by atoms with E-state index in [1.165, 1.54) is 30.6 Å². The van der Waals surface area contributed by atoms with Crippen molar-refractivity contribution in [3.63, 3.8) is 0 Å². The number of H-pyrrole nitrogens is 1. The van der Waals surface area contributed by atoms with E-state index in [-0.39, 0.29) is 5.91 Å². The summed E-state index contributed by atoms with van der Waals surface area (Å²) in [5.41, 5.74) is 0.822. The first-order chi connectivity index (χ1) is 12.1. The molecule has 2 rings (SSSR count). The van der Waals surface area contributed by atoms with Gasteiger partial charge in [-0.3, -0.25) is 14.5 Å². The number of nitrogens with zero attached hydrogens (tertiary/aromatic N) is 3. The average Bonchev–Trinajstić information content (AvgIpc) is 3.11. The number of aromatic amines is 1. The summed E-state index contributed by atoms with van der Waals surface area (Å²) < 4.78 is 2.41. The van der Waals surface area contributed by atoms with Gasteiger partial charge in [-0.2, -0.15) is 5.10 Å². The van der Waals surface area contributed by atoms with Crippen LogP contribution in [0.4, 0.5) is 5.13 Å². The Morgan fingerprint density at radius 2 is 2.16 bits per heavy atom. The van der Waals surface area contributed by atoms with Gasteiger partial charge in [-0.25, -0.2) is 4.98 Å². The molecule has 0 aromatic carbocycles. The maximum absolute atomic E-state index is 12.1. The number of allylic oxidation sites excluding steroid dienone is 1. The van der Waals surface area contributed by atoms with E-state index in [0.717, 1.165) is 29.2 Å². The topological polar surface area (TPSA) is 75.6 Å². The molecule has 2 aromatic heterocycles. The number of hydrogen-bond donors (Lipinski definition) is 2. The smallest absolute Gasteiger partial charge is 0.226 e. The molecule has 0 saturated heterocycles. The fourth-order valence-corrected chi connectivity index (χ4v) is 3.71. The van der Waals surface area contributed by atoms with Crippen LogP contribution in [0.2, 0.25) is 0 Å². The van der Waals surface area contributed by atoms with E-state index in [2.05, 4.69) is 34.0 Å². The van der Waals surface area contributed by atoms with Gasteiger partial charge in [0, 0.05) is 13.0 Å². The van der Waals surface area contributed by atoms with Crippen LogP contribution < -0.4 is 5.32 Å². The van der Waals surface area contributed by atoms with Crippen LogP contribution in [0, 0.1) is 11.7 Å². The molecule has 0 unspecified atom stereocenters. The second-order valence-electron chi connectivity index (χ2n) is 5.90.